The van der Waals surface area contributed by atoms with Gasteiger partial charge in [0.15, 0.2) is 0 Å². The van der Waals surface area contributed by atoms with Crippen molar-refractivity contribution < 1.29 is 19.1 Å². The van der Waals surface area contributed by atoms with Gasteiger partial charge in [0.1, 0.15) is 0 Å². The van der Waals surface area contributed by atoms with Gasteiger partial charge in [0.05, 0.1) is 25.4 Å². The predicted octanol–water partition coefficient (Wildman–Crippen LogP) is 2.55. The number of rotatable bonds is 7. The molecule has 1 unspecified atom stereocenters. The highest BCUT2D eigenvalue weighted by Crippen LogP contribution is 2.13. The van der Waals surface area contributed by atoms with Gasteiger partial charge < -0.3 is 14.8 Å². The molecule has 0 aromatic heterocycles. The van der Waals surface area contributed by atoms with Crippen molar-refractivity contribution in [1.29, 1.82) is 0 Å². The lowest BCUT2D eigenvalue weighted by Gasteiger charge is -2.31. The molecule has 1 atom stereocenters. The fraction of sp³-hybridized carbons (Fsp3) is 0.579. The van der Waals surface area contributed by atoms with Gasteiger partial charge in [-0.2, -0.15) is 0 Å². The maximum Gasteiger partial charge on any atom is 0.338 e. The largest absolute Gasteiger partial charge is 0.462 e. The van der Waals surface area contributed by atoms with Crippen LogP contribution in [0.3, 0.4) is 0 Å². The highest BCUT2D eigenvalue weighted by atomic mass is 16.5. The maximum absolute atomic E-state index is 12.2. The Morgan fingerprint density at radius 1 is 1.16 bits per heavy atom. The summed E-state index contributed by atoms with van der Waals surface area (Å²) in [5.74, 6) is -0.0717. The van der Waals surface area contributed by atoms with Crippen LogP contribution in [0.1, 0.15) is 37.6 Å². The van der Waals surface area contributed by atoms with E-state index in [4.69, 9.17) is 9.47 Å². The number of morpholine rings is 1. The normalized spacial score (nSPS) is 16.5. The fourth-order valence-corrected chi connectivity index (χ4v) is 2.64. The van der Waals surface area contributed by atoms with Gasteiger partial charge in [-0.05, 0) is 37.1 Å². The molecule has 0 bridgehead atoms. The van der Waals surface area contributed by atoms with Gasteiger partial charge >= 0.3 is 5.97 Å². The van der Waals surface area contributed by atoms with Gasteiger partial charge in [0.2, 0.25) is 5.91 Å². The zero-order valence-electron chi connectivity index (χ0n) is 15.3. The van der Waals surface area contributed by atoms with Crippen LogP contribution in [-0.4, -0.2) is 55.7 Å². The molecule has 1 heterocycles. The second-order valence-corrected chi connectivity index (χ2v) is 6.82. The SMILES string of the molecule is CC(C)COC(=O)c1ccc(NC(=O)CC(C)N2CCOCC2)cc1. The van der Waals surface area contributed by atoms with Crippen molar-refractivity contribution in [1.82, 2.24) is 4.90 Å². The van der Waals surface area contributed by atoms with Gasteiger partial charge in [0, 0.05) is 31.2 Å². The lowest BCUT2D eigenvalue weighted by Crippen LogP contribution is -2.43. The molecular formula is C19H28N2O4. The van der Waals surface area contributed by atoms with Crippen LogP contribution in [0.2, 0.25) is 0 Å². The molecule has 6 heteroatoms. The van der Waals surface area contributed by atoms with Crippen LogP contribution in [0, 0.1) is 5.92 Å². The van der Waals surface area contributed by atoms with Crippen molar-refractivity contribution in [2.45, 2.75) is 33.2 Å². The summed E-state index contributed by atoms with van der Waals surface area (Å²) in [5, 5.41) is 2.88. The number of benzene rings is 1. The zero-order valence-corrected chi connectivity index (χ0v) is 15.3. The first-order chi connectivity index (χ1) is 12.0. The fourth-order valence-electron chi connectivity index (χ4n) is 2.64. The van der Waals surface area contributed by atoms with Crippen molar-refractivity contribution in [2.24, 2.45) is 5.92 Å². The van der Waals surface area contributed by atoms with E-state index < -0.39 is 0 Å². The number of carbonyl (C=O) groups excluding carboxylic acids is 2. The third-order valence-electron chi connectivity index (χ3n) is 4.10. The first-order valence-corrected chi connectivity index (χ1v) is 8.84. The van der Waals surface area contributed by atoms with E-state index >= 15 is 0 Å². The summed E-state index contributed by atoms with van der Waals surface area (Å²) in [4.78, 5) is 26.3. The van der Waals surface area contributed by atoms with Crippen LogP contribution in [0.25, 0.3) is 0 Å². The molecule has 1 saturated heterocycles. The van der Waals surface area contributed by atoms with Crippen LogP contribution < -0.4 is 5.32 Å². The summed E-state index contributed by atoms with van der Waals surface area (Å²) in [6.07, 6.45) is 0.429. The van der Waals surface area contributed by atoms with Gasteiger partial charge in [-0.25, -0.2) is 4.79 Å². The highest BCUT2D eigenvalue weighted by molar-refractivity contribution is 5.93. The number of hydrogen-bond donors (Lipinski definition) is 1. The quantitative estimate of drug-likeness (QED) is 0.767. The van der Waals surface area contributed by atoms with E-state index in [1.807, 2.05) is 13.8 Å². The van der Waals surface area contributed by atoms with Gasteiger partial charge in [-0.15, -0.1) is 0 Å². The molecule has 1 aromatic carbocycles. The Morgan fingerprint density at radius 2 is 1.80 bits per heavy atom. The lowest BCUT2D eigenvalue weighted by atomic mass is 10.1. The van der Waals surface area contributed by atoms with Crippen molar-refractivity contribution in [2.75, 3.05) is 38.2 Å². The topological polar surface area (TPSA) is 67.9 Å². The Labute approximate surface area is 149 Å². The minimum absolute atomic E-state index is 0.0332. The molecular weight excluding hydrogens is 320 g/mol. The van der Waals surface area contributed by atoms with E-state index in [0.717, 1.165) is 26.3 Å². The average molecular weight is 348 g/mol. The van der Waals surface area contributed by atoms with Crippen LogP contribution in [0.15, 0.2) is 24.3 Å². The van der Waals surface area contributed by atoms with Crippen molar-refractivity contribution >= 4 is 17.6 Å². The van der Waals surface area contributed by atoms with E-state index in [2.05, 4.69) is 17.1 Å². The standard InChI is InChI=1S/C19H28N2O4/c1-14(2)13-25-19(23)16-4-6-17(7-5-16)20-18(22)12-15(3)21-8-10-24-11-9-21/h4-7,14-15H,8-13H2,1-3H3,(H,20,22). The lowest BCUT2D eigenvalue weighted by molar-refractivity contribution is -0.117. The van der Waals surface area contributed by atoms with E-state index in [1.54, 1.807) is 24.3 Å². The van der Waals surface area contributed by atoms with Crippen LogP contribution in [0.4, 0.5) is 5.69 Å². The molecule has 1 amide bonds. The molecule has 25 heavy (non-hydrogen) atoms. The number of anilines is 1. The number of amides is 1. The van der Waals surface area contributed by atoms with Crippen LogP contribution in [-0.2, 0) is 14.3 Å². The zero-order chi connectivity index (χ0) is 18.2. The third-order valence-corrected chi connectivity index (χ3v) is 4.10. The number of hydrogen-bond acceptors (Lipinski definition) is 5. The monoisotopic (exact) mass is 348 g/mol. The molecule has 0 aliphatic carbocycles. The molecule has 0 saturated carbocycles. The summed E-state index contributed by atoms with van der Waals surface area (Å²) in [6.45, 7) is 9.60. The summed E-state index contributed by atoms with van der Waals surface area (Å²) < 4.78 is 10.5. The van der Waals surface area contributed by atoms with Gasteiger partial charge in [-0.1, -0.05) is 13.8 Å². The molecule has 6 nitrogen and oxygen atoms in total. The number of ether oxygens (including phenoxy) is 2. The first-order valence-electron chi connectivity index (χ1n) is 8.84. The Balaban J connectivity index is 1.81. The van der Waals surface area contributed by atoms with Crippen LogP contribution >= 0.6 is 0 Å². The Morgan fingerprint density at radius 3 is 2.40 bits per heavy atom. The summed E-state index contributed by atoms with van der Waals surface area (Å²) >= 11 is 0. The molecule has 1 aromatic rings. The van der Waals surface area contributed by atoms with Crippen molar-refractivity contribution in [3.05, 3.63) is 29.8 Å². The van der Waals surface area contributed by atoms with E-state index in [-0.39, 0.29) is 17.9 Å². The minimum atomic E-state index is -0.340. The molecule has 138 valence electrons. The second kappa shape index (κ2) is 9.53. The van der Waals surface area contributed by atoms with Gasteiger partial charge in [-0.3, -0.25) is 9.69 Å². The Hall–Kier alpha value is -1.92. The third kappa shape index (κ3) is 6.48. The maximum atomic E-state index is 12.2. The molecule has 1 aliphatic rings. The number of nitrogens with one attached hydrogen (secondary N) is 1. The van der Waals surface area contributed by atoms with E-state index in [0.29, 0.717) is 30.2 Å². The number of nitrogens with zero attached hydrogens (tertiary/aromatic N) is 1. The Bertz CT molecular complexity index is 565. The molecule has 1 fully saturated rings. The van der Waals surface area contributed by atoms with E-state index in [1.165, 1.54) is 0 Å². The summed E-state index contributed by atoms with van der Waals surface area (Å²) in [5.41, 5.74) is 1.17. The second-order valence-electron chi connectivity index (χ2n) is 6.82. The number of carbonyl (C=O) groups is 2. The van der Waals surface area contributed by atoms with Crippen molar-refractivity contribution in [3.63, 3.8) is 0 Å². The molecule has 0 radical (unpaired) electrons. The minimum Gasteiger partial charge on any atom is -0.462 e. The Kier molecular flexibility index (Phi) is 7.40. The average Bonchev–Trinajstić information content (AvgIpc) is 2.61. The summed E-state index contributed by atoms with van der Waals surface area (Å²) in [7, 11) is 0. The molecule has 2 rings (SSSR count). The molecule has 0 spiro atoms. The van der Waals surface area contributed by atoms with Crippen molar-refractivity contribution in [3.8, 4) is 0 Å². The van der Waals surface area contributed by atoms with E-state index in [9.17, 15) is 9.59 Å². The molecule has 1 aliphatic heterocycles. The summed E-state index contributed by atoms with van der Waals surface area (Å²) in [6, 6.07) is 6.97. The van der Waals surface area contributed by atoms with Crippen LogP contribution in [0.5, 0.6) is 0 Å². The van der Waals surface area contributed by atoms with Gasteiger partial charge in [0.25, 0.3) is 0 Å². The highest BCUT2D eigenvalue weighted by Gasteiger charge is 2.19. The molecule has 1 N–H and O–H groups in total. The predicted molar refractivity (Wildman–Crippen MR) is 96.7 cm³/mol. The first kappa shape index (κ1) is 19.4. The smallest absolute Gasteiger partial charge is 0.338 e. The number of esters is 1.